The van der Waals surface area contributed by atoms with Gasteiger partial charge in [0.05, 0.1) is 7.14 Å². The Labute approximate surface area is 212 Å². The van der Waals surface area contributed by atoms with Crippen LogP contribution in [-0.4, -0.2) is 36.2 Å². The molecule has 4 nitrogen and oxygen atoms in total. The fraction of sp³-hybridized carbons (Fsp3) is 0.440. The lowest BCUT2D eigenvalue weighted by Gasteiger charge is -2.20. The molecule has 1 atom stereocenters. The van der Waals surface area contributed by atoms with Gasteiger partial charge in [0.2, 0.25) is 0 Å². The molecular formula is C25H31I2NO3. The summed E-state index contributed by atoms with van der Waals surface area (Å²) in [5.74, 6) is 1.78. The first kappa shape index (κ1) is 24.8. The van der Waals surface area contributed by atoms with E-state index >= 15 is 0 Å². The Hall–Kier alpha value is -0.840. The van der Waals surface area contributed by atoms with E-state index in [0.717, 1.165) is 79.6 Å². The maximum Gasteiger partial charge on any atom is 0.146 e. The molecule has 0 aliphatic rings. The first-order chi connectivity index (χ1) is 15.0. The number of unbranched alkanes of at least 4 members (excludes halogenated alkanes) is 1. The third-order valence-electron chi connectivity index (χ3n) is 5.63. The molecule has 0 saturated carbocycles. The van der Waals surface area contributed by atoms with Crippen LogP contribution in [0.5, 0.6) is 5.75 Å². The highest BCUT2D eigenvalue weighted by molar-refractivity contribution is 14.1. The van der Waals surface area contributed by atoms with Gasteiger partial charge in [-0.25, -0.2) is 0 Å². The van der Waals surface area contributed by atoms with Crippen LogP contribution in [0.15, 0.2) is 40.8 Å². The van der Waals surface area contributed by atoms with Gasteiger partial charge in [-0.15, -0.1) is 0 Å². The minimum atomic E-state index is -0.734. The fourth-order valence-corrected chi connectivity index (χ4v) is 5.93. The van der Waals surface area contributed by atoms with Crippen LogP contribution < -0.4 is 4.74 Å². The summed E-state index contributed by atoms with van der Waals surface area (Å²) in [7, 11) is 0. The zero-order valence-corrected chi connectivity index (χ0v) is 22.8. The van der Waals surface area contributed by atoms with Gasteiger partial charge >= 0.3 is 0 Å². The quantitative estimate of drug-likeness (QED) is 0.233. The Morgan fingerprint density at radius 2 is 1.74 bits per heavy atom. The summed E-state index contributed by atoms with van der Waals surface area (Å²) in [6.07, 6.45) is 2.22. The molecule has 1 heterocycles. The molecule has 1 aromatic heterocycles. The summed E-state index contributed by atoms with van der Waals surface area (Å²) in [5.41, 5.74) is 2.60. The van der Waals surface area contributed by atoms with E-state index in [1.165, 1.54) is 0 Å². The molecule has 1 N–H and O–H groups in total. The maximum absolute atomic E-state index is 11.4. The van der Waals surface area contributed by atoms with Gasteiger partial charge in [-0.05, 0) is 88.5 Å². The summed E-state index contributed by atoms with van der Waals surface area (Å²) in [4.78, 5) is 2.35. The minimum Gasteiger partial charge on any atom is -0.490 e. The molecule has 0 saturated heterocycles. The Kier molecular flexibility index (Phi) is 9.48. The molecule has 0 aliphatic heterocycles. The first-order valence-electron chi connectivity index (χ1n) is 11.0. The van der Waals surface area contributed by atoms with Crippen LogP contribution in [-0.2, 0) is 6.42 Å². The highest BCUT2D eigenvalue weighted by atomic mass is 127. The lowest BCUT2D eigenvalue weighted by atomic mass is 9.97. The van der Waals surface area contributed by atoms with Crippen molar-refractivity contribution in [2.24, 2.45) is 0 Å². The molecule has 3 aromatic rings. The average Bonchev–Trinajstić information content (AvgIpc) is 3.14. The molecule has 0 amide bonds. The number of likely N-dealkylation sites (N-methyl/N-ethyl adjacent to an activating group) is 1. The molecule has 31 heavy (non-hydrogen) atoms. The van der Waals surface area contributed by atoms with Gasteiger partial charge in [0.25, 0.3) is 0 Å². The van der Waals surface area contributed by atoms with Crippen molar-refractivity contribution < 1.29 is 14.3 Å². The van der Waals surface area contributed by atoms with Crippen LogP contribution in [0.4, 0.5) is 0 Å². The normalized spacial score (nSPS) is 12.6. The summed E-state index contributed by atoms with van der Waals surface area (Å²) in [6, 6.07) is 12.0. The molecule has 0 bridgehead atoms. The zero-order chi connectivity index (χ0) is 22.4. The van der Waals surface area contributed by atoms with Crippen molar-refractivity contribution in [3.05, 3.63) is 60.4 Å². The van der Waals surface area contributed by atoms with E-state index in [2.05, 4.69) is 70.9 Å². The van der Waals surface area contributed by atoms with Gasteiger partial charge in [-0.1, -0.05) is 45.4 Å². The number of aryl methyl sites for hydroxylation is 1. The lowest BCUT2D eigenvalue weighted by molar-refractivity contribution is 0.215. The van der Waals surface area contributed by atoms with Crippen LogP contribution in [0.25, 0.3) is 11.0 Å². The second-order valence-corrected chi connectivity index (χ2v) is 9.95. The van der Waals surface area contributed by atoms with E-state index in [1.807, 2.05) is 36.4 Å². The summed E-state index contributed by atoms with van der Waals surface area (Å²) in [6.45, 7) is 10.1. The highest BCUT2D eigenvalue weighted by Gasteiger charge is 2.23. The molecule has 2 aromatic carbocycles. The Morgan fingerprint density at radius 1 is 1.06 bits per heavy atom. The smallest absolute Gasteiger partial charge is 0.146 e. The largest absolute Gasteiger partial charge is 0.490 e. The first-order valence-corrected chi connectivity index (χ1v) is 13.2. The third-order valence-corrected chi connectivity index (χ3v) is 7.23. The summed E-state index contributed by atoms with van der Waals surface area (Å²) >= 11 is 4.62. The standard InChI is InChI=1S/C25H31I2NO3/c1-4-7-11-22-23(18-10-8-9-12-21(18)31-22)24(29)17-15-19(26)25(20(27)16-17)30-14-13-28(5-2)6-3/h8-10,12,15-16,24,29H,4-7,11,13-14H2,1-3H3. The molecule has 1 unspecified atom stereocenters. The number of hydrogen-bond donors (Lipinski definition) is 1. The van der Waals surface area contributed by atoms with Gasteiger partial charge < -0.3 is 19.2 Å². The van der Waals surface area contributed by atoms with Crippen LogP contribution in [0, 0.1) is 7.14 Å². The molecule has 0 aliphatic carbocycles. The monoisotopic (exact) mass is 647 g/mol. The second-order valence-electron chi connectivity index (χ2n) is 7.63. The lowest BCUT2D eigenvalue weighted by Crippen LogP contribution is -2.28. The fourth-order valence-electron chi connectivity index (χ4n) is 3.80. The maximum atomic E-state index is 11.4. The number of aliphatic hydroxyl groups excluding tert-OH is 1. The molecule has 168 valence electrons. The third kappa shape index (κ3) is 5.94. The molecule has 0 fully saturated rings. The number of fused-ring (bicyclic) bond motifs is 1. The number of halogens is 2. The summed E-state index contributed by atoms with van der Waals surface area (Å²) in [5, 5.41) is 12.4. The van der Waals surface area contributed by atoms with Crippen LogP contribution in [0.3, 0.4) is 0 Å². The minimum absolute atomic E-state index is 0.656. The SMILES string of the molecule is CCCCc1oc2ccccc2c1C(O)c1cc(I)c(OCCN(CC)CC)c(I)c1. The predicted octanol–water partition coefficient (Wildman–Crippen LogP) is 6.79. The van der Waals surface area contributed by atoms with E-state index in [0.29, 0.717) is 6.61 Å². The van der Waals surface area contributed by atoms with Crippen molar-refractivity contribution in [1.29, 1.82) is 0 Å². The Balaban J connectivity index is 1.88. The van der Waals surface area contributed by atoms with Crippen molar-refractivity contribution in [3.63, 3.8) is 0 Å². The van der Waals surface area contributed by atoms with E-state index in [1.54, 1.807) is 0 Å². The van der Waals surface area contributed by atoms with Crippen molar-refractivity contribution in [3.8, 4) is 5.75 Å². The molecule has 3 rings (SSSR count). The molecular weight excluding hydrogens is 616 g/mol. The summed E-state index contributed by atoms with van der Waals surface area (Å²) < 4.78 is 14.3. The van der Waals surface area contributed by atoms with E-state index in [4.69, 9.17) is 9.15 Å². The predicted molar refractivity (Wildman–Crippen MR) is 144 cm³/mol. The molecule has 6 heteroatoms. The van der Waals surface area contributed by atoms with Crippen molar-refractivity contribution in [2.75, 3.05) is 26.2 Å². The van der Waals surface area contributed by atoms with Gasteiger partial charge in [0.15, 0.2) is 0 Å². The van der Waals surface area contributed by atoms with Gasteiger partial charge in [0.1, 0.15) is 29.8 Å². The number of benzene rings is 2. The van der Waals surface area contributed by atoms with Gasteiger partial charge in [-0.2, -0.15) is 0 Å². The van der Waals surface area contributed by atoms with E-state index in [-0.39, 0.29) is 0 Å². The zero-order valence-electron chi connectivity index (χ0n) is 18.5. The van der Waals surface area contributed by atoms with Crippen molar-refractivity contribution >= 4 is 56.2 Å². The Morgan fingerprint density at radius 3 is 2.39 bits per heavy atom. The van der Waals surface area contributed by atoms with Crippen LogP contribution >= 0.6 is 45.2 Å². The van der Waals surface area contributed by atoms with Gasteiger partial charge in [0, 0.05) is 23.9 Å². The highest BCUT2D eigenvalue weighted by Crippen LogP contribution is 2.38. The van der Waals surface area contributed by atoms with Gasteiger partial charge in [-0.3, -0.25) is 0 Å². The average molecular weight is 647 g/mol. The number of ether oxygens (including phenoxy) is 1. The Bertz CT molecular complexity index is 975. The number of rotatable bonds is 11. The van der Waals surface area contributed by atoms with Crippen molar-refractivity contribution in [2.45, 2.75) is 46.1 Å². The number of nitrogens with zero attached hydrogens (tertiary/aromatic N) is 1. The van der Waals surface area contributed by atoms with E-state index < -0.39 is 6.10 Å². The van der Waals surface area contributed by atoms with Crippen LogP contribution in [0.2, 0.25) is 0 Å². The number of furan rings is 1. The number of para-hydroxylation sites is 1. The molecule has 0 radical (unpaired) electrons. The van der Waals surface area contributed by atoms with E-state index in [9.17, 15) is 5.11 Å². The molecule has 0 spiro atoms. The topological polar surface area (TPSA) is 45.8 Å². The second kappa shape index (κ2) is 11.9. The van der Waals surface area contributed by atoms with Crippen molar-refractivity contribution in [1.82, 2.24) is 4.90 Å². The number of aliphatic hydroxyl groups is 1. The van der Waals surface area contributed by atoms with Crippen LogP contribution in [0.1, 0.15) is 56.6 Å². The number of hydrogen-bond acceptors (Lipinski definition) is 4.